The highest BCUT2D eigenvalue weighted by Crippen LogP contribution is 2.24. The molecule has 3 nitrogen and oxygen atoms in total. The average Bonchev–Trinajstić information content (AvgIpc) is 3.17. The highest BCUT2D eigenvalue weighted by molar-refractivity contribution is 5.54. The molecule has 1 fully saturated rings. The summed E-state index contributed by atoms with van der Waals surface area (Å²) in [5.74, 6) is 1.33. The molecule has 19 heavy (non-hydrogen) atoms. The maximum Gasteiger partial charge on any atom is 0.142 e. The highest BCUT2D eigenvalue weighted by atomic mass is 16.5. The van der Waals surface area contributed by atoms with Crippen molar-refractivity contribution in [2.75, 3.05) is 18.9 Å². The van der Waals surface area contributed by atoms with Gasteiger partial charge < -0.3 is 15.8 Å². The summed E-state index contributed by atoms with van der Waals surface area (Å²) < 4.78 is 5.68. The van der Waals surface area contributed by atoms with Crippen LogP contribution < -0.4 is 15.8 Å². The molecule has 0 bridgehead atoms. The summed E-state index contributed by atoms with van der Waals surface area (Å²) in [6, 6.07) is 6.98. The molecule has 2 rings (SSSR count). The minimum Gasteiger partial charge on any atom is -0.491 e. The number of aryl methyl sites for hydroxylation is 1. The summed E-state index contributed by atoms with van der Waals surface area (Å²) in [4.78, 5) is 0. The number of hydrogen-bond donors (Lipinski definition) is 2. The fourth-order valence-corrected chi connectivity index (χ4v) is 2.03. The van der Waals surface area contributed by atoms with Crippen molar-refractivity contribution < 1.29 is 4.74 Å². The van der Waals surface area contributed by atoms with Crippen molar-refractivity contribution in [1.29, 1.82) is 0 Å². The second-order valence-corrected chi connectivity index (χ2v) is 5.91. The van der Waals surface area contributed by atoms with Crippen molar-refractivity contribution >= 4 is 5.69 Å². The Morgan fingerprint density at radius 3 is 2.79 bits per heavy atom. The summed E-state index contributed by atoms with van der Waals surface area (Å²) in [5.41, 5.74) is 8.09. The monoisotopic (exact) mass is 262 g/mol. The maximum atomic E-state index is 6.03. The summed E-state index contributed by atoms with van der Waals surface area (Å²) in [6.07, 6.45) is 4.96. The molecule has 0 spiro atoms. The molecule has 0 amide bonds. The van der Waals surface area contributed by atoms with Gasteiger partial charge in [-0.15, -0.1) is 0 Å². The van der Waals surface area contributed by atoms with Crippen LogP contribution in [0.3, 0.4) is 0 Å². The first kappa shape index (κ1) is 14.2. The highest BCUT2D eigenvalue weighted by Gasteiger charge is 2.19. The van der Waals surface area contributed by atoms with Gasteiger partial charge in [0, 0.05) is 6.04 Å². The number of anilines is 1. The number of nitrogens with two attached hydrogens (primary N) is 1. The first-order chi connectivity index (χ1) is 9.15. The summed E-state index contributed by atoms with van der Waals surface area (Å²) in [7, 11) is 0. The lowest BCUT2D eigenvalue weighted by Gasteiger charge is -2.12. The SMILES string of the molecule is CC(C)COc1ccc(CCCNC2CC2)cc1N. The van der Waals surface area contributed by atoms with Crippen LogP contribution in [0.2, 0.25) is 0 Å². The molecule has 1 saturated carbocycles. The largest absolute Gasteiger partial charge is 0.491 e. The predicted molar refractivity (Wildman–Crippen MR) is 80.5 cm³/mol. The van der Waals surface area contributed by atoms with E-state index in [1.165, 1.54) is 24.8 Å². The fourth-order valence-electron chi connectivity index (χ4n) is 2.03. The van der Waals surface area contributed by atoms with E-state index < -0.39 is 0 Å². The minimum absolute atomic E-state index is 0.521. The van der Waals surface area contributed by atoms with Crippen molar-refractivity contribution in [1.82, 2.24) is 5.32 Å². The zero-order chi connectivity index (χ0) is 13.7. The van der Waals surface area contributed by atoms with E-state index in [2.05, 4.69) is 25.2 Å². The van der Waals surface area contributed by atoms with Crippen LogP contribution in [-0.4, -0.2) is 19.2 Å². The van der Waals surface area contributed by atoms with E-state index >= 15 is 0 Å². The Balaban J connectivity index is 1.76. The third kappa shape index (κ3) is 5.11. The number of nitrogen functional groups attached to an aromatic ring is 1. The lowest BCUT2D eigenvalue weighted by molar-refractivity contribution is 0.272. The van der Waals surface area contributed by atoms with Crippen LogP contribution in [0.4, 0.5) is 5.69 Å². The van der Waals surface area contributed by atoms with Gasteiger partial charge in [-0.2, -0.15) is 0 Å². The Labute approximate surface area is 116 Å². The van der Waals surface area contributed by atoms with E-state index in [1.807, 2.05) is 12.1 Å². The third-order valence-electron chi connectivity index (χ3n) is 3.30. The van der Waals surface area contributed by atoms with E-state index in [9.17, 15) is 0 Å². The molecule has 0 heterocycles. The topological polar surface area (TPSA) is 47.3 Å². The quantitative estimate of drug-likeness (QED) is 0.559. The summed E-state index contributed by atoms with van der Waals surface area (Å²) in [5, 5.41) is 3.53. The Bertz CT molecular complexity index is 400. The van der Waals surface area contributed by atoms with Crippen LogP contribution in [0.15, 0.2) is 18.2 Å². The molecule has 106 valence electrons. The van der Waals surface area contributed by atoms with Gasteiger partial charge in [0.15, 0.2) is 0 Å². The van der Waals surface area contributed by atoms with Gasteiger partial charge in [0.2, 0.25) is 0 Å². The Morgan fingerprint density at radius 2 is 2.16 bits per heavy atom. The van der Waals surface area contributed by atoms with Gasteiger partial charge in [0.1, 0.15) is 5.75 Å². The number of rotatable bonds is 8. The molecular weight excluding hydrogens is 236 g/mol. The number of ether oxygens (including phenoxy) is 1. The lowest BCUT2D eigenvalue weighted by atomic mass is 10.1. The Hall–Kier alpha value is -1.22. The zero-order valence-corrected chi connectivity index (χ0v) is 12.1. The number of nitrogens with one attached hydrogen (secondary N) is 1. The van der Waals surface area contributed by atoms with Gasteiger partial charge >= 0.3 is 0 Å². The van der Waals surface area contributed by atoms with E-state index in [1.54, 1.807) is 0 Å². The van der Waals surface area contributed by atoms with Crippen LogP contribution in [-0.2, 0) is 6.42 Å². The molecule has 3 N–H and O–H groups in total. The molecule has 0 aromatic heterocycles. The van der Waals surface area contributed by atoms with Gasteiger partial charge in [0.25, 0.3) is 0 Å². The number of hydrogen-bond acceptors (Lipinski definition) is 3. The molecule has 0 atom stereocenters. The van der Waals surface area contributed by atoms with Gasteiger partial charge in [-0.05, 0) is 55.8 Å². The van der Waals surface area contributed by atoms with E-state index in [4.69, 9.17) is 10.5 Å². The van der Waals surface area contributed by atoms with Crippen molar-refractivity contribution in [3.05, 3.63) is 23.8 Å². The second-order valence-electron chi connectivity index (χ2n) is 5.91. The summed E-state index contributed by atoms with van der Waals surface area (Å²) in [6.45, 7) is 6.10. The van der Waals surface area contributed by atoms with E-state index in [-0.39, 0.29) is 0 Å². The van der Waals surface area contributed by atoms with Crippen LogP contribution in [0.1, 0.15) is 38.7 Å². The molecule has 0 saturated heterocycles. The lowest BCUT2D eigenvalue weighted by Crippen LogP contribution is -2.17. The molecule has 0 radical (unpaired) electrons. The fraction of sp³-hybridized carbons (Fsp3) is 0.625. The average molecular weight is 262 g/mol. The van der Waals surface area contributed by atoms with Crippen molar-refractivity contribution in [3.8, 4) is 5.75 Å². The standard InChI is InChI=1S/C16H26N2O/c1-12(2)11-19-16-8-5-13(10-15(16)17)4-3-9-18-14-6-7-14/h5,8,10,12,14,18H,3-4,6-7,9,11,17H2,1-2H3. The van der Waals surface area contributed by atoms with Crippen LogP contribution >= 0.6 is 0 Å². The molecule has 3 heteroatoms. The smallest absolute Gasteiger partial charge is 0.142 e. The van der Waals surface area contributed by atoms with Crippen LogP contribution in [0.25, 0.3) is 0 Å². The second kappa shape index (κ2) is 6.80. The third-order valence-corrected chi connectivity index (χ3v) is 3.30. The maximum absolute atomic E-state index is 6.03. The van der Waals surface area contributed by atoms with Crippen molar-refractivity contribution in [3.63, 3.8) is 0 Å². The van der Waals surface area contributed by atoms with Gasteiger partial charge in [-0.3, -0.25) is 0 Å². The van der Waals surface area contributed by atoms with Crippen molar-refractivity contribution in [2.45, 2.75) is 45.6 Å². The predicted octanol–water partition coefficient (Wildman–Crippen LogP) is 2.99. The van der Waals surface area contributed by atoms with Crippen LogP contribution in [0, 0.1) is 5.92 Å². The molecule has 0 unspecified atom stereocenters. The molecular formula is C16H26N2O. The van der Waals surface area contributed by atoms with Crippen LogP contribution in [0.5, 0.6) is 5.75 Å². The Kier molecular flexibility index (Phi) is 5.08. The normalized spacial score (nSPS) is 14.9. The first-order valence-electron chi connectivity index (χ1n) is 7.39. The molecule has 0 aliphatic heterocycles. The molecule has 1 aromatic carbocycles. The van der Waals surface area contributed by atoms with E-state index in [0.717, 1.165) is 37.1 Å². The van der Waals surface area contributed by atoms with Crippen molar-refractivity contribution in [2.24, 2.45) is 5.92 Å². The summed E-state index contributed by atoms with van der Waals surface area (Å²) >= 11 is 0. The number of benzene rings is 1. The molecule has 1 aliphatic rings. The zero-order valence-electron chi connectivity index (χ0n) is 12.1. The van der Waals surface area contributed by atoms with Gasteiger partial charge in [-0.1, -0.05) is 19.9 Å². The van der Waals surface area contributed by atoms with Gasteiger partial charge in [0.05, 0.1) is 12.3 Å². The van der Waals surface area contributed by atoms with Gasteiger partial charge in [-0.25, -0.2) is 0 Å². The first-order valence-corrected chi connectivity index (χ1v) is 7.39. The Morgan fingerprint density at radius 1 is 1.37 bits per heavy atom. The molecule has 1 aromatic rings. The molecule has 1 aliphatic carbocycles. The minimum atomic E-state index is 0.521. The van der Waals surface area contributed by atoms with E-state index in [0.29, 0.717) is 5.92 Å².